The Morgan fingerprint density at radius 2 is 1.78 bits per heavy atom. The highest BCUT2D eigenvalue weighted by Gasteiger charge is 2.25. The molecule has 0 N–H and O–H groups in total. The zero-order chi connectivity index (χ0) is 17.0. The first kappa shape index (κ1) is 18.4. The van der Waals surface area contributed by atoms with Crippen molar-refractivity contribution in [3.05, 3.63) is 28.2 Å². The van der Waals surface area contributed by atoms with Gasteiger partial charge < -0.3 is 4.90 Å². The van der Waals surface area contributed by atoms with E-state index in [0.29, 0.717) is 23.1 Å². The molecule has 0 radical (unpaired) electrons. The normalized spacial score (nSPS) is 15.9. The Bertz CT molecular complexity index is 666. The van der Waals surface area contributed by atoms with Gasteiger partial charge in [0.1, 0.15) is 0 Å². The summed E-state index contributed by atoms with van der Waals surface area (Å²) in [7, 11) is -3.56. The average Bonchev–Trinajstić information content (AvgIpc) is 2.56. The summed E-state index contributed by atoms with van der Waals surface area (Å²) in [6, 6.07) is 4.69. The molecule has 1 fully saturated rings. The van der Waals surface area contributed by atoms with E-state index in [-0.39, 0.29) is 10.8 Å². The fourth-order valence-corrected chi connectivity index (χ4v) is 4.71. The summed E-state index contributed by atoms with van der Waals surface area (Å²) in [4.78, 5) is 14.7. The second kappa shape index (κ2) is 7.77. The topological polar surface area (TPSA) is 57.7 Å². The van der Waals surface area contributed by atoms with E-state index in [2.05, 4.69) is 15.9 Å². The largest absolute Gasteiger partial charge is 0.339 e. The molecule has 1 aliphatic rings. The van der Waals surface area contributed by atoms with Crippen molar-refractivity contribution >= 4 is 31.9 Å². The van der Waals surface area contributed by atoms with E-state index in [9.17, 15) is 13.2 Å². The Labute approximate surface area is 146 Å². The highest BCUT2D eigenvalue weighted by molar-refractivity contribution is 9.10. The minimum atomic E-state index is -3.56. The van der Waals surface area contributed by atoms with E-state index in [1.807, 2.05) is 0 Å². The SMILES string of the molecule is CCN(CC)S(=O)(=O)c1ccc(Br)c(C(=O)N2CCCCC2)c1. The van der Waals surface area contributed by atoms with Crippen LogP contribution in [-0.4, -0.2) is 49.7 Å². The lowest BCUT2D eigenvalue weighted by molar-refractivity contribution is 0.0723. The molecule has 0 aliphatic carbocycles. The minimum Gasteiger partial charge on any atom is -0.339 e. The summed E-state index contributed by atoms with van der Waals surface area (Å²) in [5, 5.41) is 0. The van der Waals surface area contributed by atoms with Crippen LogP contribution in [0.2, 0.25) is 0 Å². The molecule has 1 aliphatic heterocycles. The van der Waals surface area contributed by atoms with Crippen molar-refractivity contribution < 1.29 is 13.2 Å². The van der Waals surface area contributed by atoms with Crippen LogP contribution in [0.1, 0.15) is 43.5 Å². The van der Waals surface area contributed by atoms with Gasteiger partial charge in [-0.05, 0) is 53.4 Å². The number of piperidine rings is 1. The molecule has 1 aromatic carbocycles. The van der Waals surface area contributed by atoms with Gasteiger partial charge in [0.2, 0.25) is 10.0 Å². The summed E-state index contributed by atoms with van der Waals surface area (Å²) < 4.78 is 27.3. The van der Waals surface area contributed by atoms with Crippen molar-refractivity contribution in [2.75, 3.05) is 26.2 Å². The molecule has 23 heavy (non-hydrogen) atoms. The smallest absolute Gasteiger partial charge is 0.255 e. The van der Waals surface area contributed by atoms with Crippen molar-refractivity contribution in [3.63, 3.8) is 0 Å². The van der Waals surface area contributed by atoms with Crippen molar-refractivity contribution in [2.45, 2.75) is 38.0 Å². The van der Waals surface area contributed by atoms with E-state index in [1.54, 1.807) is 30.9 Å². The highest BCUT2D eigenvalue weighted by Crippen LogP contribution is 2.25. The fourth-order valence-electron chi connectivity index (χ4n) is 2.81. The maximum absolute atomic E-state index is 12.7. The zero-order valence-electron chi connectivity index (χ0n) is 13.6. The van der Waals surface area contributed by atoms with Crippen LogP contribution in [0.3, 0.4) is 0 Å². The van der Waals surface area contributed by atoms with Gasteiger partial charge in [-0.15, -0.1) is 0 Å². The monoisotopic (exact) mass is 402 g/mol. The van der Waals surface area contributed by atoms with E-state index >= 15 is 0 Å². The average molecular weight is 403 g/mol. The van der Waals surface area contributed by atoms with Crippen LogP contribution in [0.15, 0.2) is 27.6 Å². The predicted molar refractivity (Wildman–Crippen MR) is 94.0 cm³/mol. The van der Waals surface area contributed by atoms with Gasteiger partial charge in [-0.1, -0.05) is 13.8 Å². The maximum atomic E-state index is 12.7. The molecule has 0 atom stereocenters. The molecule has 1 saturated heterocycles. The van der Waals surface area contributed by atoms with E-state index < -0.39 is 10.0 Å². The van der Waals surface area contributed by atoms with Gasteiger partial charge >= 0.3 is 0 Å². The molecule has 7 heteroatoms. The highest BCUT2D eigenvalue weighted by atomic mass is 79.9. The van der Waals surface area contributed by atoms with Crippen molar-refractivity contribution in [1.82, 2.24) is 9.21 Å². The molecule has 0 unspecified atom stereocenters. The third kappa shape index (κ3) is 3.95. The molecule has 0 bridgehead atoms. The number of rotatable bonds is 5. The molecule has 128 valence electrons. The van der Waals surface area contributed by atoms with E-state index in [0.717, 1.165) is 32.4 Å². The molecule has 5 nitrogen and oxygen atoms in total. The number of carbonyl (C=O) groups excluding carboxylic acids is 1. The van der Waals surface area contributed by atoms with Crippen LogP contribution in [0, 0.1) is 0 Å². The minimum absolute atomic E-state index is 0.104. The number of sulfonamides is 1. The fraction of sp³-hybridized carbons (Fsp3) is 0.562. The number of hydrogen-bond donors (Lipinski definition) is 0. The van der Waals surface area contributed by atoms with E-state index in [1.165, 1.54) is 10.4 Å². The summed E-state index contributed by atoms with van der Waals surface area (Å²) in [6.07, 6.45) is 3.14. The number of nitrogens with zero attached hydrogens (tertiary/aromatic N) is 2. The Morgan fingerprint density at radius 1 is 1.17 bits per heavy atom. The molecule has 2 rings (SSSR count). The molecule has 1 aromatic rings. The lowest BCUT2D eigenvalue weighted by atomic mass is 10.1. The number of likely N-dealkylation sites (tertiary alicyclic amines) is 1. The Hall–Kier alpha value is -0.920. The second-order valence-corrected chi connectivity index (χ2v) is 8.38. The van der Waals surface area contributed by atoms with Gasteiger partial charge in [0.25, 0.3) is 5.91 Å². The van der Waals surface area contributed by atoms with Gasteiger partial charge in [-0.25, -0.2) is 8.42 Å². The quantitative estimate of drug-likeness (QED) is 0.759. The van der Waals surface area contributed by atoms with E-state index in [4.69, 9.17) is 0 Å². The van der Waals surface area contributed by atoms with Gasteiger partial charge in [0.05, 0.1) is 10.5 Å². The Morgan fingerprint density at radius 3 is 2.35 bits per heavy atom. The van der Waals surface area contributed by atoms with Crippen molar-refractivity contribution in [2.24, 2.45) is 0 Å². The van der Waals surface area contributed by atoms with Crippen LogP contribution in [-0.2, 0) is 10.0 Å². The maximum Gasteiger partial charge on any atom is 0.255 e. The predicted octanol–water partition coefficient (Wildman–Crippen LogP) is 3.11. The van der Waals surface area contributed by atoms with Crippen LogP contribution >= 0.6 is 15.9 Å². The second-order valence-electron chi connectivity index (χ2n) is 5.58. The van der Waals surface area contributed by atoms with Gasteiger partial charge in [0.15, 0.2) is 0 Å². The first-order chi connectivity index (χ1) is 10.9. The number of hydrogen-bond acceptors (Lipinski definition) is 3. The third-order valence-electron chi connectivity index (χ3n) is 4.15. The molecular formula is C16H23BrN2O3S. The Kier molecular flexibility index (Phi) is 6.22. The molecule has 0 saturated carbocycles. The van der Waals surface area contributed by atoms with Gasteiger partial charge in [-0.2, -0.15) is 4.31 Å². The molecule has 1 amide bonds. The number of halogens is 1. The first-order valence-corrected chi connectivity index (χ1v) is 10.2. The molecular weight excluding hydrogens is 380 g/mol. The first-order valence-electron chi connectivity index (χ1n) is 8.00. The summed E-state index contributed by atoms with van der Waals surface area (Å²) in [5.74, 6) is -0.104. The van der Waals surface area contributed by atoms with Crippen molar-refractivity contribution in [1.29, 1.82) is 0 Å². The number of amides is 1. The summed E-state index contributed by atoms with van der Waals surface area (Å²) in [6.45, 7) is 5.89. The molecule has 0 aromatic heterocycles. The van der Waals surface area contributed by atoms with Crippen LogP contribution < -0.4 is 0 Å². The number of benzene rings is 1. The van der Waals surface area contributed by atoms with Crippen LogP contribution in [0.5, 0.6) is 0 Å². The molecule has 1 heterocycles. The lowest BCUT2D eigenvalue weighted by Gasteiger charge is -2.27. The zero-order valence-corrected chi connectivity index (χ0v) is 16.0. The van der Waals surface area contributed by atoms with Gasteiger partial charge in [0, 0.05) is 30.7 Å². The van der Waals surface area contributed by atoms with Crippen molar-refractivity contribution in [3.8, 4) is 0 Å². The van der Waals surface area contributed by atoms with Crippen LogP contribution in [0.25, 0.3) is 0 Å². The molecule has 0 spiro atoms. The third-order valence-corrected chi connectivity index (χ3v) is 6.89. The van der Waals surface area contributed by atoms with Crippen LogP contribution in [0.4, 0.5) is 0 Å². The van der Waals surface area contributed by atoms with Gasteiger partial charge in [-0.3, -0.25) is 4.79 Å². The summed E-state index contributed by atoms with van der Waals surface area (Å²) in [5.41, 5.74) is 0.417. The number of carbonyl (C=O) groups is 1. The standard InChI is InChI=1S/C16H23BrN2O3S/c1-3-19(4-2)23(21,22)13-8-9-15(17)14(12-13)16(20)18-10-6-5-7-11-18/h8-9,12H,3-7,10-11H2,1-2H3. The lowest BCUT2D eigenvalue weighted by Crippen LogP contribution is -2.36. The summed E-state index contributed by atoms with van der Waals surface area (Å²) >= 11 is 3.38. The Balaban J connectivity index is 2.37.